The van der Waals surface area contributed by atoms with E-state index in [2.05, 4.69) is 21.0 Å². The summed E-state index contributed by atoms with van der Waals surface area (Å²) in [4.78, 5) is 13.2. The lowest BCUT2D eigenvalue weighted by Gasteiger charge is -2.00. The molecule has 0 radical (unpaired) electrons. The van der Waals surface area contributed by atoms with Crippen LogP contribution in [0.25, 0.3) is 20.8 Å². The lowest BCUT2D eigenvalue weighted by atomic mass is 10.1. The van der Waals surface area contributed by atoms with Crippen LogP contribution in [-0.2, 0) is 6.42 Å². The molecule has 1 aliphatic rings. The average Bonchev–Trinajstić information content (AvgIpc) is 3.15. The molecule has 1 saturated carbocycles. The minimum Gasteiger partial charge on any atom is -0.261 e. The van der Waals surface area contributed by atoms with E-state index in [0.717, 1.165) is 33.1 Å². The third-order valence-corrected chi connectivity index (χ3v) is 4.76. The van der Waals surface area contributed by atoms with Gasteiger partial charge in [0.2, 0.25) is 0 Å². The van der Waals surface area contributed by atoms with Gasteiger partial charge in [0.1, 0.15) is 10.2 Å². The summed E-state index contributed by atoms with van der Waals surface area (Å²) in [5.74, 6) is 0.844. The van der Waals surface area contributed by atoms with Gasteiger partial charge < -0.3 is 0 Å². The third-order valence-electron chi connectivity index (χ3n) is 3.50. The Labute approximate surface area is 125 Å². The molecular weight excluding hydrogens is 290 g/mol. The van der Waals surface area contributed by atoms with Crippen LogP contribution in [0.5, 0.6) is 0 Å². The van der Waals surface area contributed by atoms with E-state index in [0.29, 0.717) is 5.15 Å². The number of fused-ring (bicyclic) bond motifs is 1. The molecule has 4 rings (SSSR count). The number of halogens is 1. The zero-order valence-electron chi connectivity index (χ0n) is 10.7. The quantitative estimate of drug-likeness (QED) is 0.675. The van der Waals surface area contributed by atoms with Crippen molar-refractivity contribution in [1.82, 2.24) is 15.0 Å². The summed E-state index contributed by atoms with van der Waals surface area (Å²) in [6.07, 6.45) is 7.44. The molecular formula is C15H12ClN3S. The molecule has 0 saturated heterocycles. The van der Waals surface area contributed by atoms with Gasteiger partial charge in [0, 0.05) is 29.7 Å². The van der Waals surface area contributed by atoms with Gasteiger partial charge in [-0.1, -0.05) is 11.6 Å². The molecule has 1 fully saturated rings. The number of hydrogen-bond acceptors (Lipinski definition) is 4. The molecule has 0 spiro atoms. The topological polar surface area (TPSA) is 38.7 Å². The second-order valence-corrected chi connectivity index (χ2v) is 6.60. The number of thiazole rings is 1. The largest absolute Gasteiger partial charge is 0.261 e. The maximum Gasteiger partial charge on any atom is 0.131 e. The van der Waals surface area contributed by atoms with Gasteiger partial charge in [-0.15, -0.1) is 11.3 Å². The zero-order chi connectivity index (χ0) is 13.5. The van der Waals surface area contributed by atoms with Crippen LogP contribution < -0.4 is 0 Å². The van der Waals surface area contributed by atoms with Crippen LogP contribution >= 0.6 is 22.9 Å². The van der Waals surface area contributed by atoms with Crippen LogP contribution in [0.3, 0.4) is 0 Å². The predicted octanol–water partition coefficient (Wildman–Crippen LogP) is 4.36. The molecule has 100 valence electrons. The minimum atomic E-state index is 0.485. The van der Waals surface area contributed by atoms with Gasteiger partial charge in [0.15, 0.2) is 0 Å². The first-order chi connectivity index (χ1) is 9.78. The second kappa shape index (κ2) is 4.79. The van der Waals surface area contributed by atoms with E-state index in [1.165, 1.54) is 18.5 Å². The Morgan fingerprint density at radius 3 is 3.00 bits per heavy atom. The summed E-state index contributed by atoms with van der Waals surface area (Å²) in [7, 11) is 0. The maximum absolute atomic E-state index is 5.91. The standard InChI is InChI=1S/C15H12ClN3S/c16-14-7-12-13(8-18-14)20-15(19-12)10-3-4-17-11(6-10)5-9-1-2-9/h3-4,6-9H,1-2,5H2. The number of rotatable bonds is 3. The van der Waals surface area contributed by atoms with Crippen molar-refractivity contribution in [3.8, 4) is 10.6 Å². The normalized spacial score (nSPS) is 14.8. The van der Waals surface area contributed by atoms with Gasteiger partial charge in [0.05, 0.1) is 10.2 Å². The van der Waals surface area contributed by atoms with E-state index in [1.54, 1.807) is 17.5 Å². The molecule has 3 heterocycles. The Bertz CT molecular complexity index is 780. The molecule has 3 aromatic rings. The van der Waals surface area contributed by atoms with E-state index in [-0.39, 0.29) is 0 Å². The molecule has 0 amide bonds. The summed E-state index contributed by atoms with van der Waals surface area (Å²) < 4.78 is 1.06. The molecule has 1 aliphatic carbocycles. The third kappa shape index (κ3) is 2.41. The first-order valence-electron chi connectivity index (χ1n) is 6.65. The Morgan fingerprint density at radius 2 is 2.15 bits per heavy atom. The fraction of sp³-hybridized carbons (Fsp3) is 0.267. The van der Waals surface area contributed by atoms with E-state index in [4.69, 9.17) is 11.6 Å². The van der Waals surface area contributed by atoms with Crippen molar-refractivity contribution in [3.05, 3.63) is 41.4 Å². The van der Waals surface area contributed by atoms with Gasteiger partial charge >= 0.3 is 0 Å². The summed E-state index contributed by atoms with van der Waals surface area (Å²) in [6.45, 7) is 0. The minimum absolute atomic E-state index is 0.485. The van der Waals surface area contributed by atoms with E-state index >= 15 is 0 Å². The lowest BCUT2D eigenvalue weighted by molar-refractivity contribution is 0.805. The van der Waals surface area contributed by atoms with Gasteiger partial charge in [0.25, 0.3) is 0 Å². The van der Waals surface area contributed by atoms with Crippen molar-refractivity contribution in [3.63, 3.8) is 0 Å². The van der Waals surface area contributed by atoms with Crippen LogP contribution in [0.1, 0.15) is 18.5 Å². The molecule has 3 nitrogen and oxygen atoms in total. The summed E-state index contributed by atoms with van der Waals surface area (Å²) in [5, 5.41) is 1.49. The van der Waals surface area contributed by atoms with Crippen molar-refractivity contribution >= 4 is 33.2 Å². The number of nitrogens with zero attached hydrogens (tertiary/aromatic N) is 3. The monoisotopic (exact) mass is 301 g/mol. The number of hydrogen-bond donors (Lipinski definition) is 0. The van der Waals surface area contributed by atoms with Gasteiger partial charge in [-0.25, -0.2) is 9.97 Å². The molecule has 0 N–H and O–H groups in total. The molecule has 20 heavy (non-hydrogen) atoms. The Kier molecular flexibility index (Phi) is 2.93. The summed E-state index contributed by atoms with van der Waals surface area (Å²) in [5.41, 5.74) is 3.21. The highest BCUT2D eigenvalue weighted by molar-refractivity contribution is 7.21. The van der Waals surface area contributed by atoms with Gasteiger partial charge in [-0.05, 0) is 37.3 Å². The van der Waals surface area contributed by atoms with Crippen LogP contribution in [-0.4, -0.2) is 15.0 Å². The van der Waals surface area contributed by atoms with E-state index in [1.807, 2.05) is 18.3 Å². The van der Waals surface area contributed by atoms with Crippen molar-refractivity contribution < 1.29 is 0 Å². The molecule has 0 unspecified atom stereocenters. The molecule has 0 aromatic carbocycles. The van der Waals surface area contributed by atoms with Crippen molar-refractivity contribution in [1.29, 1.82) is 0 Å². The van der Waals surface area contributed by atoms with Crippen LogP contribution in [0.2, 0.25) is 5.15 Å². The maximum atomic E-state index is 5.91. The van der Waals surface area contributed by atoms with Crippen LogP contribution in [0.15, 0.2) is 30.6 Å². The van der Waals surface area contributed by atoms with Crippen LogP contribution in [0.4, 0.5) is 0 Å². The lowest BCUT2D eigenvalue weighted by Crippen LogP contribution is -1.91. The summed E-state index contributed by atoms with van der Waals surface area (Å²) >= 11 is 7.55. The molecule has 5 heteroatoms. The first kappa shape index (κ1) is 12.2. The molecule has 0 bridgehead atoms. The second-order valence-electron chi connectivity index (χ2n) is 5.18. The van der Waals surface area contributed by atoms with Crippen molar-refractivity contribution in [2.45, 2.75) is 19.3 Å². The molecule has 0 atom stereocenters. The SMILES string of the molecule is Clc1cc2nc(-c3ccnc(CC4CC4)c3)sc2cn1. The average molecular weight is 302 g/mol. The summed E-state index contributed by atoms with van der Waals surface area (Å²) in [6, 6.07) is 5.98. The molecule has 0 aliphatic heterocycles. The van der Waals surface area contributed by atoms with E-state index in [9.17, 15) is 0 Å². The predicted molar refractivity (Wildman–Crippen MR) is 82.1 cm³/mol. The van der Waals surface area contributed by atoms with Gasteiger partial charge in [-0.2, -0.15) is 0 Å². The highest BCUT2D eigenvalue weighted by Crippen LogP contribution is 2.34. The Morgan fingerprint density at radius 1 is 1.25 bits per heavy atom. The fourth-order valence-corrected chi connectivity index (χ4v) is 3.34. The number of aromatic nitrogens is 3. The van der Waals surface area contributed by atoms with Crippen molar-refractivity contribution in [2.75, 3.05) is 0 Å². The van der Waals surface area contributed by atoms with Crippen molar-refractivity contribution in [2.24, 2.45) is 5.92 Å². The smallest absolute Gasteiger partial charge is 0.131 e. The van der Waals surface area contributed by atoms with Crippen LogP contribution in [0, 0.1) is 5.92 Å². The Balaban J connectivity index is 1.73. The highest BCUT2D eigenvalue weighted by Gasteiger charge is 2.22. The fourth-order valence-electron chi connectivity index (χ4n) is 2.27. The zero-order valence-corrected chi connectivity index (χ0v) is 12.3. The molecule has 3 aromatic heterocycles. The highest BCUT2D eigenvalue weighted by atomic mass is 35.5. The number of pyridine rings is 2. The first-order valence-corrected chi connectivity index (χ1v) is 7.85. The Hall–Kier alpha value is -1.52. The van der Waals surface area contributed by atoms with E-state index < -0.39 is 0 Å². The van der Waals surface area contributed by atoms with Gasteiger partial charge in [-0.3, -0.25) is 4.98 Å².